The Balaban J connectivity index is 2.00. The van der Waals surface area contributed by atoms with Crippen molar-refractivity contribution < 1.29 is 18.9 Å². The maximum absolute atomic E-state index is 14.7. The van der Waals surface area contributed by atoms with Gasteiger partial charge >= 0.3 is 6.03 Å². The van der Waals surface area contributed by atoms with Gasteiger partial charge in [0.15, 0.2) is 0 Å². The predicted molar refractivity (Wildman–Crippen MR) is 110 cm³/mol. The highest BCUT2D eigenvalue weighted by Gasteiger charge is 2.21. The first-order chi connectivity index (χ1) is 14.2. The zero-order chi connectivity index (χ0) is 22.0. The zero-order valence-electron chi connectivity index (χ0n) is 16.0. The molecule has 0 saturated carbocycles. The molecular weight excluding hydrogens is 436 g/mol. The summed E-state index contributed by atoms with van der Waals surface area (Å²) in [5.74, 6) is -0.232. The molecule has 3 aromatic rings. The van der Waals surface area contributed by atoms with Crippen LogP contribution in [-0.4, -0.2) is 33.1 Å². The van der Waals surface area contributed by atoms with E-state index in [1.54, 1.807) is 38.1 Å². The molecule has 2 amide bonds. The molecule has 4 N–H and O–H groups in total. The van der Waals surface area contributed by atoms with Gasteiger partial charge in [-0.2, -0.15) is 10.0 Å². The molecule has 0 fully saturated rings. The van der Waals surface area contributed by atoms with Gasteiger partial charge in [0.1, 0.15) is 5.82 Å². The first-order valence-corrected chi connectivity index (χ1v) is 9.53. The molecule has 2 aromatic carbocycles. The highest BCUT2D eigenvalue weighted by Crippen LogP contribution is 2.37. The number of aryl methyl sites for hydroxylation is 1. The largest absolute Gasteiger partial charge is 0.342 e. The number of aromatic nitrogens is 2. The molecule has 8 nitrogen and oxygen atoms in total. The summed E-state index contributed by atoms with van der Waals surface area (Å²) in [6.07, 6.45) is 0. The summed E-state index contributed by atoms with van der Waals surface area (Å²) in [4.78, 5) is 15.9. The maximum atomic E-state index is 14.7. The Labute approximate surface area is 181 Å². The van der Waals surface area contributed by atoms with E-state index >= 15 is 0 Å². The van der Waals surface area contributed by atoms with Crippen LogP contribution in [-0.2, 0) is 0 Å². The van der Waals surface area contributed by atoms with E-state index < -0.39 is 17.9 Å². The second-order valence-corrected chi connectivity index (χ2v) is 7.28. The van der Waals surface area contributed by atoms with Gasteiger partial charge in [-0.25, -0.2) is 9.18 Å². The molecule has 0 aliphatic heterocycles. The molecule has 0 aliphatic carbocycles. The normalized spacial score (nSPS) is 12.0. The topological polar surface area (TPSA) is 118 Å². The Kier molecular flexibility index (Phi) is 6.57. The fraction of sp³-hybridized carbons (Fsp3) is 0.211. The number of carbonyl (C=O) groups is 1. The third-order valence-corrected chi connectivity index (χ3v) is 4.88. The van der Waals surface area contributed by atoms with Crippen LogP contribution in [0.15, 0.2) is 34.9 Å². The van der Waals surface area contributed by atoms with Gasteiger partial charge in [0.25, 0.3) is 0 Å². The van der Waals surface area contributed by atoms with Crippen molar-refractivity contribution in [2.24, 2.45) is 5.73 Å². The zero-order valence-corrected chi connectivity index (χ0v) is 17.5. The second-order valence-electron chi connectivity index (χ2n) is 6.44. The van der Waals surface area contributed by atoms with Gasteiger partial charge in [-0.3, -0.25) is 5.21 Å². The Morgan fingerprint density at radius 1 is 1.37 bits per heavy atom. The molecular formula is C19H18Cl2FN5O3. The number of nitrogens with two attached hydrogens (primary N) is 1. The predicted octanol–water partition coefficient (Wildman–Crippen LogP) is 4.54. The van der Waals surface area contributed by atoms with Gasteiger partial charge in [-0.1, -0.05) is 40.5 Å². The Hall–Kier alpha value is -2.72. The Morgan fingerprint density at radius 2 is 2.10 bits per heavy atom. The van der Waals surface area contributed by atoms with Gasteiger partial charge < -0.3 is 15.6 Å². The molecule has 0 radical (unpaired) electrons. The fourth-order valence-corrected chi connectivity index (χ4v) is 3.44. The Bertz CT molecular complexity index is 1090. The smallest absolute Gasteiger partial charge is 0.339 e. The van der Waals surface area contributed by atoms with Crippen molar-refractivity contribution >= 4 is 29.2 Å². The van der Waals surface area contributed by atoms with E-state index in [2.05, 4.69) is 15.5 Å². The van der Waals surface area contributed by atoms with Crippen LogP contribution in [0.3, 0.4) is 0 Å². The lowest BCUT2D eigenvalue weighted by Crippen LogP contribution is -2.41. The average molecular weight is 454 g/mol. The lowest BCUT2D eigenvalue weighted by molar-refractivity contribution is -0.0418. The number of rotatable bonds is 5. The molecule has 0 saturated heterocycles. The van der Waals surface area contributed by atoms with E-state index in [0.29, 0.717) is 32.7 Å². The average Bonchev–Trinajstić information content (AvgIpc) is 3.12. The van der Waals surface area contributed by atoms with Crippen LogP contribution >= 0.6 is 23.2 Å². The van der Waals surface area contributed by atoms with E-state index in [-0.39, 0.29) is 23.1 Å². The molecule has 1 atom stereocenters. The quantitative estimate of drug-likeness (QED) is 0.296. The van der Waals surface area contributed by atoms with E-state index in [9.17, 15) is 14.4 Å². The molecule has 30 heavy (non-hydrogen) atoms. The molecule has 3 rings (SSSR count). The van der Waals surface area contributed by atoms with Crippen molar-refractivity contribution in [1.82, 2.24) is 20.5 Å². The Morgan fingerprint density at radius 3 is 2.70 bits per heavy atom. The molecule has 158 valence electrons. The van der Waals surface area contributed by atoms with Gasteiger partial charge in [0.05, 0.1) is 18.3 Å². The summed E-state index contributed by atoms with van der Waals surface area (Å²) in [5, 5.41) is 16.6. The summed E-state index contributed by atoms with van der Waals surface area (Å²) in [5.41, 5.74) is 6.92. The number of benzene rings is 2. The van der Waals surface area contributed by atoms with Crippen LogP contribution in [0.5, 0.6) is 0 Å². The van der Waals surface area contributed by atoms with Gasteiger partial charge in [0.2, 0.25) is 11.7 Å². The molecule has 0 unspecified atom stereocenters. The van der Waals surface area contributed by atoms with E-state index in [1.165, 1.54) is 0 Å². The molecule has 11 heteroatoms. The number of halogens is 3. The minimum absolute atomic E-state index is 0.0855. The SMILES string of the molecule is Cc1nc(-c2c(F)cc(Cl)cc2-c2ccc([C@@H](C)NC(=O)N(O)CN)c(Cl)c2)no1. The van der Waals surface area contributed by atoms with Crippen LogP contribution in [0.1, 0.15) is 24.4 Å². The van der Waals surface area contributed by atoms with Crippen molar-refractivity contribution in [1.29, 1.82) is 0 Å². The van der Waals surface area contributed by atoms with Gasteiger partial charge in [-0.05, 0) is 41.8 Å². The van der Waals surface area contributed by atoms with Crippen molar-refractivity contribution in [2.45, 2.75) is 19.9 Å². The third kappa shape index (κ3) is 4.54. The molecule has 0 aliphatic rings. The number of urea groups is 1. The van der Waals surface area contributed by atoms with Crippen LogP contribution < -0.4 is 11.1 Å². The van der Waals surface area contributed by atoms with Crippen LogP contribution in [0.4, 0.5) is 9.18 Å². The number of amides is 2. The van der Waals surface area contributed by atoms with Crippen molar-refractivity contribution in [3.05, 3.63) is 57.6 Å². The number of hydrogen-bond donors (Lipinski definition) is 3. The van der Waals surface area contributed by atoms with E-state index in [0.717, 1.165) is 6.07 Å². The number of hydroxylamine groups is 2. The third-order valence-electron chi connectivity index (χ3n) is 4.33. The van der Waals surface area contributed by atoms with E-state index in [4.69, 9.17) is 33.5 Å². The summed E-state index contributed by atoms with van der Waals surface area (Å²) in [6.45, 7) is 2.93. The highest BCUT2D eigenvalue weighted by atomic mass is 35.5. The minimum atomic E-state index is -0.767. The summed E-state index contributed by atoms with van der Waals surface area (Å²) >= 11 is 12.5. The number of carbonyl (C=O) groups excluding carboxylic acids is 1. The van der Waals surface area contributed by atoms with Crippen LogP contribution in [0, 0.1) is 12.7 Å². The monoisotopic (exact) mass is 453 g/mol. The van der Waals surface area contributed by atoms with Crippen molar-refractivity contribution in [2.75, 3.05) is 6.67 Å². The first kappa shape index (κ1) is 22.0. The van der Waals surface area contributed by atoms with Crippen molar-refractivity contribution in [3.8, 4) is 22.5 Å². The first-order valence-electron chi connectivity index (χ1n) is 8.77. The molecule has 0 bridgehead atoms. The lowest BCUT2D eigenvalue weighted by Gasteiger charge is -2.20. The number of nitrogens with one attached hydrogen (secondary N) is 1. The maximum Gasteiger partial charge on any atom is 0.342 e. The van der Waals surface area contributed by atoms with Crippen molar-refractivity contribution in [3.63, 3.8) is 0 Å². The summed E-state index contributed by atoms with van der Waals surface area (Å²) < 4.78 is 19.7. The van der Waals surface area contributed by atoms with Crippen LogP contribution in [0.25, 0.3) is 22.5 Å². The lowest BCUT2D eigenvalue weighted by atomic mass is 9.96. The summed E-state index contributed by atoms with van der Waals surface area (Å²) in [6, 6.07) is 6.43. The molecule has 0 spiro atoms. The van der Waals surface area contributed by atoms with Gasteiger partial charge in [0, 0.05) is 17.0 Å². The molecule has 1 heterocycles. The number of hydrogen-bond acceptors (Lipinski definition) is 6. The van der Waals surface area contributed by atoms with Gasteiger partial charge in [-0.15, -0.1) is 0 Å². The molecule has 1 aromatic heterocycles. The fourth-order valence-electron chi connectivity index (χ4n) is 2.90. The number of nitrogens with zero attached hydrogens (tertiary/aromatic N) is 3. The summed E-state index contributed by atoms with van der Waals surface area (Å²) in [7, 11) is 0. The highest BCUT2D eigenvalue weighted by molar-refractivity contribution is 6.32. The standard InChI is InChI=1S/C19H18Cl2FN5O3/c1-9(24-19(28)27(29)8-23)13-4-3-11(5-15(13)21)14-6-12(20)7-16(22)17(14)18-25-10(2)30-26-18/h3-7,9,29H,8,23H2,1-2H3,(H,24,28)/t9-/m1/s1. The van der Waals surface area contributed by atoms with E-state index in [1.807, 2.05) is 0 Å². The minimum Gasteiger partial charge on any atom is -0.339 e. The second kappa shape index (κ2) is 8.97. The van der Waals surface area contributed by atoms with Crippen LogP contribution in [0.2, 0.25) is 10.0 Å².